The summed E-state index contributed by atoms with van der Waals surface area (Å²) >= 11 is 0. The Bertz CT molecular complexity index is 3780. The van der Waals surface area contributed by atoms with Crippen molar-refractivity contribution in [1.82, 2.24) is 26.3 Å². The first-order valence-electron chi connectivity index (χ1n) is 36.0. The second kappa shape index (κ2) is 28.6. The number of rotatable bonds is 23. The van der Waals surface area contributed by atoms with Crippen LogP contribution in [0.5, 0.6) is 28.7 Å². The first kappa shape index (κ1) is 65.8. The van der Waals surface area contributed by atoms with Crippen LogP contribution in [0.25, 0.3) is 28.1 Å². The smallest absolute Gasteiger partial charge is 0.161 e. The maximum Gasteiger partial charge on any atom is 0.161 e. The Kier molecular flexibility index (Phi) is 19.8. The first-order chi connectivity index (χ1) is 46.4. The molecule has 15 heteroatoms. The lowest BCUT2D eigenvalue weighted by molar-refractivity contribution is -0.145. The standard InChI is InChI=1S/C80H101N5O10/c1-50(2)40-79(90,56-17-8-5-9-18-56)47-82-48-84-71-22-10-21-59(44-86)93-70-38-54(24-29-69(70)89)77-80(71,92-49-85-58-20-12-33-78(41-58)32-11-19-57(78)46-91-3)42-66-63-39-65-72(53-23-28-67-52(36-53)31-35-83-67)55(43-81-34-13-16-51-14-6-4-7-15-51)37-64-68(88)30-27-61(73(64)65)74(63)76-62(75(66)95-77)26-25-60(45-87)94-76/h4,6-7,14-15,23-24,27-31,35-38,50,56-60,65,71-72,77,81-90H,5,8-9,11-13,16-21,25-26,32-34,39-49H2,1-3H3/t57-,58+,59-,60-,65+,71-,72-,77+,78-,79-,80-/m0/s1. The molecule has 5 aliphatic carbocycles. The van der Waals surface area contributed by atoms with Crippen LogP contribution in [-0.2, 0) is 35.2 Å². The normalized spacial score (nSPS) is 27.5. The Hall–Kier alpha value is -6.42. The van der Waals surface area contributed by atoms with Crippen molar-refractivity contribution in [3.63, 3.8) is 0 Å². The average Bonchev–Trinajstić information content (AvgIpc) is 0.827. The fourth-order valence-corrected chi connectivity index (χ4v) is 18.9. The molecule has 0 amide bonds. The van der Waals surface area contributed by atoms with Crippen molar-refractivity contribution in [2.24, 2.45) is 23.2 Å². The topological polar surface area (TPSA) is 211 Å². The van der Waals surface area contributed by atoms with E-state index in [1.54, 1.807) is 6.07 Å². The van der Waals surface area contributed by atoms with Gasteiger partial charge in [-0.15, -0.1) is 0 Å². The molecule has 4 heterocycles. The van der Waals surface area contributed by atoms with E-state index in [4.69, 9.17) is 23.7 Å². The third-order valence-electron chi connectivity index (χ3n) is 23.3. The molecule has 5 aromatic carbocycles. The van der Waals surface area contributed by atoms with Crippen molar-refractivity contribution in [3.8, 4) is 51.7 Å². The number of hydrogen-bond donors (Lipinski definition) is 10. The number of phenolic OH excluding ortho intramolecular Hbond substituents is 2. The SMILES string of the molecule is COC[C@@H]1CCC[C@@]12CCC[C@@H](NCO[C@]13Cc4c5c(c6c(c4O[C@@H]1c1ccc(O)c(c1)O[C@H](CO)CC#C[C@@H]3NCNC[C@@](O)(CC(C)C)C1CCCCC1)CC[C@@H](CO)O6)-c1ccc(O)c3c1[C@H](C5)[C@@H](c1ccc4[nH]ccc4c1)C(CNCCCc1ccccc1)=C3)C2. The Morgan fingerprint density at radius 2 is 1.62 bits per heavy atom. The van der Waals surface area contributed by atoms with Gasteiger partial charge in [0.1, 0.15) is 41.1 Å². The van der Waals surface area contributed by atoms with E-state index in [-0.39, 0.29) is 72.8 Å². The highest BCUT2D eigenvalue weighted by atomic mass is 16.6. The minimum atomic E-state index is -1.32. The third-order valence-corrected chi connectivity index (χ3v) is 23.3. The number of aromatic amines is 1. The van der Waals surface area contributed by atoms with Crippen LogP contribution in [-0.4, -0.2) is 126 Å². The Balaban J connectivity index is 0.918. The van der Waals surface area contributed by atoms with Crippen LogP contribution >= 0.6 is 0 Å². The minimum absolute atomic E-state index is 0.0631. The molecule has 3 fully saturated rings. The van der Waals surface area contributed by atoms with E-state index in [0.29, 0.717) is 75.0 Å². The summed E-state index contributed by atoms with van der Waals surface area (Å²) < 4.78 is 35.5. The van der Waals surface area contributed by atoms with Gasteiger partial charge in [-0.1, -0.05) is 106 Å². The van der Waals surface area contributed by atoms with Gasteiger partial charge in [-0.05, 0) is 206 Å². The summed E-state index contributed by atoms with van der Waals surface area (Å²) in [5.74, 6) is 9.81. The second-order valence-corrected chi connectivity index (χ2v) is 29.8. The molecule has 0 saturated heterocycles. The number of hydrogen-bond acceptors (Lipinski definition) is 14. The van der Waals surface area contributed by atoms with Crippen molar-refractivity contribution in [3.05, 3.63) is 141 Å². The molecule has 6 aromatic rings. The number of ether oxygens (including phenoxy) is 5. The van der Waals surface area contributed by atoms with E-state index in [2.05, 4.69) is 119 Å². The van der Waals surface area contributed by atoms with E-state index in [1.165, 1.54) is 48.8 Å². The fraction of sp³-hybridized carbons (Fsp3) is 0.550. The van der Waals surface area contributed by atoms with Gasteiger partial charge in [0, 0.05) is 92.2 Å². The predicted octanol–water partition coefficient (Wildman–Crippen LogP) is 12.3. The van der Waals surface area contributed by atoms with E-state index in [0.717, 1.165) is 127 Å². The number of phenols is 2. The molecule has 0 unspecified atom stereocenters. The molecule has 506 valence electrons. The van der Waals surface area contributed by atoms with E-state index in [1.807, 2.05) is 31.5 Å². The molecular weight excluding hydrogens is 1190 g/mol. The van der Waals surface area contributed by atoms with Crippen LogP contribution in [0, 0.1) is 35.0 Å². The molecule has 95 heavy (non-hydrogen) atoms. The lowest BCUT2D eigenvalue weighted by Crippen LogP contribution is -2.62. The van der Waals surface area contributed by atoms with Gasteiger partial charge in [0.05, 0.1) is 25.5 Å². The van der Waals surface area contributed by atoms with Gasteiger partial charge in [0.15, 0.2) is 17.6 Å². The summed E-state index contributed by atoms with van der Waals surface area (Å²) in [7, 11) is 1.84. The highest BCUT2D eigenvalue weighted by molar-refractivity contribution is 5.90. The van der Waals surface area contributed by atoms with Gasteiger partial charge in [-0.25, -0.2) is 0 Å². The van der Waals surface area contributed by atoms with Crippen molar-refractivity contribution in [2.45, 2.75) is 196 Å². The summed E-state index contributed by atoms with van der Waals surface area (Å²) in [6.07, 6.45) is 20.4. The number of aryl methyl sites for hydroxylation is 1. The largest absolute Gasteiger partial charge is 0.507 e. The number of nitrogens with one attached hydrogen (secondary N) is 5. The number of methoxy groups -OCH3 is 1. The fourth-order valence-electron chi connectivity index (χ4n) is 18.9. The summed E-state index contributed by atoms with van der Waals surface area (Å²) in [6.45, 7) is 7.02. The number of fused-ring (bicyclic) bond motifs is 12. The first-order valence-corrected chi connectivity index (χ1v) is 36.0. The highest BCUT2D eigenvalue weighted by Crippen LogP contribution is 2.62. The number of aromatic hydroxyl groups is 2. The molecule has 3 saturated carbocycles. The van der Waals surface area contributed by atoms with Crippen molar-refractivity contribution in [2.75, 3.05) is 60.0 Å². The van der Waals surface area contributed by atoms with Crippen molar-refractivity contribution >= 4 is 17.0 Å². The maximum atomic E-state index is 12.7. The molecular formula is C80H101N5O10. The van der Waals surface area contributed by atoms with Gasteiger partial charge in [-0.3, -0.25) is 10.6 Å². The molecule has 1 aromatic heterocycles. The van der Waals surface area contributed by atoms with Crippen molar-refractivity contribution < 1.29 is 49.2 Å². The van der Waals surface area contributed by atoms with Gasteiger partial charge in [0.2, 0.25) is 0 Å². The van der Waals surface area contributed by atoms with Gasteiger partial charge in [0.25, 0.3) is 0 Å². The number of H-pyrrole nitrogens is 1. The van der Waals surface area contributed by atoms with E-state index in [9.17, 15) is 25.5 Å². The predicted molar refractivity (Wildman–Crippen MR) is 372 cm³/mol. The van der Waals surface area contributed by atoms with E-state index >= 15 is 0 Å². The molecule has 11 atom stereocenters. The lowest BCUT2D eigenvalue weighted by Gasteiger charge is -2.50. The zero-order chi connectivity index (χ0) is 65.3. The van der Waals surface area contributed by atoms with Gasteiger partial charge < -0.3 is 64.8 Å². The van der Waals surface area contributed by atoms with Crippen LogP contribution in [0.4, 0.5) is 0 Å². The summed E-state index contributed by atoms with van der Waals surface area (Å²) in [6, 6.07) is 28.4. The second-order valence-electron chi connectivity index (χ2n) is 29.8. The Labute approximate surface area is 561 Å². The highest BCUT2D eigenvalue weighted by Gasteiger charge is 2.56. The average molecular weight is 1290 g/mol. The minimum Gasteiger partial charge on any atom is -0.507 e. The van der Waals surface area contributed by atoms with Gasteiger partial charge in [-0.2, -0.15) is 0 Å². The number of aliphatic hydroxyl groups is 3. The molecule has 10 N–H and O–H groups in total. The molecule has 15 nitrogen and oxygen atoms in total. The van der Waals surface area contributed by atoms with Gasteiger partial charge >= 0.3 is 0 Å². The van der Waals surface area contributed by atoms with Crippen LogP contribution in [0.2, 0.25) is 0 Å². The van der Waals surface area contributed by atoms with Crippen molar-refractivity contribution in [1.29, 1.82) is 0 Å². The zero-order valence-electron chi connectivity index (χ0n) is 56.1. The monoisotopic (exact) mass is 1290 g/mol. The van der Waals surface area contributed by atoms with E-state index < -0.39 is 35.6 Å². The molecule has 2 bridgehead atoms. The molecule has 3 aliphatic heterocycles. The van der Waals surface area contributed by atoms with Crippen LogP contribution in [0.15, 0.2) is 96.7 Å². The summed E-state index contributed by atoms with van der Waals surface area (Å²) in [5.41, 5.74) is 10.3. The Morgan fingerprint density at radius 3 is 2.44 bits per heavy atom. The lowest BCUT2D eigenvalue weighted by atomic mass is 9.62. The maximum absolute atomic E-state index is 12.7. The van der Waals surface area contributed by atoms with Crippen LogP contribution in [0.1, 0.15) is 179 Å². The Morgan fingerprint density at radius 1 is 0.800 bits per heavy atom. The number of aliphatic hydroxyl groups excluding tert-OH is 2. The number of aromatic nitrogens is 1. The third kappa shape index (κ3) is 13.2. The molecule has 8 aliphatic rings. The quantitative estimate of drug-likeness (QED) is 0.0164. The molecule has 0 radical (unpaired) electrons. The molecule has 14 rings (SSSR count). The zero-order valence-corrected chi connectivity index (χ0v) is 56.1. The summed E-state index contributed by atoms with van der Waals surface area (Å²) in [4.78, 5) is 3.44. The van der Waals surface area contributed by atoms with Crippen LogP contribution < -0.4 is 35.5 Å². The van der Waals surface area contributed by atoms with Crippen LogP contribution in [0.3, 0.4) is 0 Å². The molecule has 1 spiro atoms. The number of benzene rings is 5. The summed E-state index contributed by atoms with van der Waals surface area (Å²) in [5, 5.41) is 75.3.